The van der Waals surface area contributed by atoms with Gasteiger partial charge in [0, 0.05) is 15.2 Å². The molecule has 0 aliphatic heterocycles. The molecule has 0 unspecified atom stereocenters. The van der Waals surface area contributed by atoms with Crippen LogP contribution in [0.1, 0.15) is 33.6 Å². The van der Waals surface area contributed by atoms with Crippen LogP contribution in [0.2, 0.25) is 0 Å². The van der Waals surface area contributed by atoms with Crippen molar-refractivity contribution >= 4 is 41.7 Å². The van der Waals surface area contributed by atoms with E-state index < -0.39 is 0 Å². The minimum Gasteiger partial charge on any atom is -0.370 e. The summed E-state index contributed by atoms with van der Waals surface area (Å²) in [6.07, 6.45) is 2.44. The van der Waals surface area contributed by atoms with Crippen molar-refractivity contribution in [2.45, 2.75) is 48.8 Å². The van der Waals surface area contributed by atoms with E-state index >= 15 is 0 Å². The molecule has 2 rings (SSSR count). The van der Waals surface area contributed by atoms with Crippen molar-refractivity contribution in [2.24, 2.45) is 10.7 Å². The zero-order valence-corrected chi connectivity index (χ0v) is 15.5. The van der Waals surface area contributed by atoms with E-state index in [4.69, 9.17) is 5.73 Å². The van der Waals surface area contributed by atoms with Crippen LogP contribution in [-0.2, 0) is 0 Å². The predicted molar refractivity (Wildman–Crippen MR) is 99.1 cm³/mol. The lowest BCUT2D eigenvalue weighted by atomic mass is 10.1. The molecule has 0 heterocycles. The molecule has 1 saturated carbocycles. The molecule has 0 radical (unpaired) electrons. The van der Waals surface area contributed by atoms with Crippen LogP contribution in [-0.4, -0.2) is 22.8 Å². The molecule has 0 atom stereocenters. The molecule has 20 heavy (non-hydrogen) atoms. The number of aliphatic imine (C=N–C) groups is 1. The third kappa shape index (κ3) is 5.91. The first-order valence-corrected chi connectivity index (χ1v) is 7.52. The Hall–Kier alpha value is -0.430. The lowest BCUT2D eigenvalue weighted by molar-refractivity contribution is 0.508. The quantitative estimate of drug-likeness (QED) is 0.457. The van der Waals surface area contributed by atoms with Gasteiger partial charge in [0.05, 0.1) is 6.54 Å². The molecule has 1 aliphatic rings. The molecular formula is C15H24IN3S. The molecule has 3 N–H and O–H groups in total. The van der Waals surface area contributed by atoms with E-state index in [1.54, 1.807) is 0 Å². The predicted octanol–water partition coefficient (Wildman–Crippen LogP) is 3.63. The van der Waals surface area contributed by atoms with E-state index in [0.717, 1.165) is 6.54 Å². The van der Waals surface area contributed by atoms with Gasteiger partial charge in [-0.25, -0.2) is 0 Å². The normalized spacial score (nSPS) is 17.2. The maximum atomic E-state index is 5.92. The van der Waals surface area contributed by atoms with Crippen molar-refractivity contribution in [1.29, 1.82) is 0 Å². The van der Waals surface area contributed by atoms with Crippen molar-refractivity contribution in [3.05, 3.63) is 30.3 Å². The minimum absolute atomic E-state index is 0. The third-order valence-electron chi connectivity index (χ3n) is 2.93. The molecule has 3 nitrogen and oxygen atoms in total. The second-order valence-corrected chi connectivity index (χ2v) is 7.72. The Morgan fingerprint density at radius 3 is 2.40 bits per heavy atom. The average molecular weight is 405 g/mol. The van der Waals surface area contributed by atoms with Crippen LogP contribution in [0.25, 0.3) is 0 Å². The maximum Gasteiger partial charge on any atom is 0.189 e. The number of benzene rings is 1. The van der Waals surface area contributed by atoms with Crippen molar-refractivity contribution in [1.82, 2.24) is 5.32 Å². The highest BCUT2D eigenvalue weighted by Crippen LogP contribution is 2.51. The first-order chi connectivity index (χ1) is 8.89. The van der Waals surface area contributed by atoms with Gasteiger partial charge < -0.3 is 11.1 Å². The topological polar surface area (TPSA) is 50.4 Å². The van der Waals surface area contributed by atoms with E-state index in [1.807, 2.05) is 17.8 Å². The highest BCUT2D eigenvalue weighted by Gasteiger charge is 2.43. The Morgan fingerprint density at radius 1 is 1.30 bits per heavy atom. The summed E-state index contributed by atoms with van der Waals surface area (Å²) >= 11 is 1.93. The van der Waals surface area contributed by atoms with Gasteiger partial charge in [-0.1, -0.05) is 18.2 Å². The van der Waals surface area contributed by atoms with Gasteiger partial charge in [0.1, 0.15) is 0 Å². The van der Waals surface area contributed by atoms with Gasteiger partial charge in [-0.05, 0) is 45.7 Å². The van der Waals surface area contributed by atoms with Gasteiger partial charge in [0.25, 0.3) is 0 Å². The van der Waals surface area contributed by atoms with Crippen LogP contribution in [0.4, 0.5) is 0 Å². The molecule has 0 amide bonds. The number of thioether (sulfide) groups is 1. The summed E-state index contributed by atoms with van der Waals surface area (Å²) in [6, 6.07) is 10.5. The number of hydrogen-bond donors (Lipinski definition) is 2. The minimum atomic E-state index is -0.0309. The fourth-order valence-electron chi connectivity index (χ4n) is 1.82. The van der Waals surface area contributed by atoms with Gasteiger partial charge in [-0.2, -0.15) is 0 Å². The standard InChI is InChI=1S/C15H23N3S.HI/c1-14(2,3)18-13(16)17-11-15(9-10-15)19-12-7-5-4-6-8-12;/h4-8H,9-11H2,1-3H3,(H3,16,17,18);1H. The molecule has 1 fully saturated rings. The summed E-state index contributed by atoms with van der Waals surface area (Å²) in [5, 5.41) is 3.20. The molecule has 1 aromatic rings. The highest BCUT2D eigenvalue weighted by molar-refractivity contribution is 14.0. The zero-order valence-electron chi connectivity index (χ0n) is 12.3. The Bertz CT molecular complexity index is 450. The smallest absolute Gasteiger partial charge is 0.189 e. The number of hydrogen-bond acceptors (Lipinski definition) is 2. The van der Waals surface area contributed by atoms with Crippen molar-refractivity contribution in [3.63, 3.8) is 0 Å². The Labute approximate surface area is 143 Å². The Balaban J connectivity index is 0.00000200. The lowest BCUT2D eigenvalue weighted by Gasteiger charge is -2.21. The SMILES string of the molecule is CC(C)(C)NC(N)=NCC1(Sc2ccccc2)CC1.I. The Morgan fingerprint density at radius 2 is 1.90 bits per heavy atom. The van der Waals surface area contributed by atoms with Crippen molar-refractivity contribution < 1.29 is 0 Å². The number of rotatable bonds is 4. The molecule has 0 spiro atoms. The van der Waals surface area contributed by atoms with Gasteiger partial charge in [-0.15, -0.1) is 35.7 Å². The summed E-state index contributed by atoms with van der Waals surface area (Å²) in [6.45, 7) is 7.05. The van der Waals surface area contributed by atoms with Crippen LogP contribution in [0.3, 0.4) is 0 Å². The average Bonchev–Trinajstić information content (AvgIpc) is 3.06. The molecule has 112 valence electrons. The van der Waals surface area contributed by atoms with E-state index in [1.165, 1.54) is 17.7 Å². The van der Waals surface area contributed by atoms with E-state index in [9.17, 15) is 0 Å². The molecule has 5 heteroatoms. The summed E-state index contributed by atoms with van der Waals surface area (Å²) in [7, 11) is 0. The lowest BCUT2D eigenvalue weighted by Crippen LogP contribution is -2.45. The van der Waals surface area contributed by atoms with E-state index in [0.29, 0.717) is 5.96 Å². The van der Waals surface area contributed by atoms with Crippen LogP contribution >= 0.6 is 35.7 Å². The highest BCUT2D eigenvalue weighted by atomic mass is 127. The Kier molecular flexibility index (Phi) is 6.19. The summed E-state index contributed by atoms with van der Waals surface area (Å²) < 4.78 is 0.269. The summed E-state index contributed by atoms with van der Waals surface area (Å²) in [5.41, 5.74) is 5.89. The van der Waals surface area contributed by atoms with Crippen LogP contribution in [0.15, 0.2) is 40.2 Å². The third-order valence-corrected chi connectivity index (χ3v) is 4.40. The largest absolute Gasteiger partial charge is 0.370 e. The van der Waals surface area contributed by atoms with Crippen molar-refractivity contribution in [3.8, 4) is 0 Å². The van der Waals surface area contributed by atoms with Gasteiger partial charge >= 0.3 is 0 Å². The van der Waals surface area contributed by atoms with Crippen LogP contribution < -0.4 is 11.1 Å². The molecule has 1 aromatic carbocycles. The molecular weight excluding hydrogens is 381 g/mol. The molecule has 1 aliphatic carbocycles. The van der Waals surface area contributed by atoms with Gasteiger partial charge in [-0.3, -0.25) is 4.99 Å². The van der Waals surface area contributed by atoms with Crippen molar-refractivity contribution in [2.75, 3.05) is 6.54 Å². The van der Waals surface area contributed by atoms with Crippen LogP contribution in [0, 0.1) is 0 Å². The second kappa shape index (κ2) is 7.02. The van der Waals surface area contributed by atoms with Gasteiger partial charge in [0.15, 0.2) is 5.96 Å². The number of guanidine groups is 1. The maximum absolute atomic E-state index is 5.92. The monoisotopic (exact) mass is 405 g/mol. The zero-order chi connectivity index (χ0) is 13.9. The van der Waals surface area contributed by atoms with E-state index in [-0.39, 0.29) is 34.3 Å². The fraction of sp³-hybridized carbons (Fsp3) is 0.533. The van der Waals surface area contributed by atoms with E-state index in [2.05, 4.69) is 55.3 Å². The second-order valence-electron chi connectivity index (χ2n) is 6.17. The number of nitrogens with one attached hydrogen (secondary N) is 1. The fourth-order valence-corrected chi connectivity index (χ4v) is 3.05. The molecule has 0 saturated heterocycles. The number of nitrogens with two attached hydrogens (primary N) is 1. The first-order valence-electron chi connectivity index (χ1n) is 6.71. The molecule has 0 bridgehead atoms. The molecule has 0 aromatic heterocycles. The summed E-state index contributed by atoms with van der Waals surface area (Å²) in [4.78, 5) is 5.82. The first kappa shape index (κ1) is 17.6. The summed E-state index contributed by atoms with van der Waals surface area (Å²) in [5.74, 6) is 0.549. The van der Waals surface area contributed by atoms with Crippen LogP contribution in [0.5, 0.6) is 0 Å². The number of halogens is 1. The van der Waals surface area contributed by atoms with Gasteiger partial charge in [0.2, 0.25) is 0 Å². The number of nitrogens with zero attached hydrogens (tertiary/aromatic N) is 1.